The molecule has 0 fully saturated rings. The monoisotopic (exact) mass is 467 g/mol. The van der Waals surface area contributed by atoms with Gasteiger partial charge in [0, 0.05) is 30.9 Å². The van der Waals surface area contributed by atoms with E-state index in [0.29, 0.717) is 31.5 Å². The van der Waals surface area contributed by atoms with Gasteiger partial charge in [-0.25, -0.2) is 4.98 Å². The van der Waals surface area contributed by atoms with Crippen molar-refractivity contribution in [3.05, 3.63) is 16.1 Å². The van der Waals surface area contributed by atoms with Gasteiger partial charge in [0.15, 0.2) is 5.96 Å². The molecule has 1 heterocycles. The summed E-state index contributed by atoms with van der Waals surface area (Å²) in [5, 5.41) is 12.4. The van der Waals surface area contributed by atoms with Gasteiger partial charge >= 0.3 is 0 Å². The Labute approximate surface area is 166 Å². The molecule has 0 saturated heterocycles. The van der Waals surface area contributed by atoms with Crippen molar-refractivity contribution < 1.29 is 4.79 Å². The Morgan fingerprint density at radius 2 is 1.88 bits per heavy atom. The molecule has 0 atom stereocenters. The van der Waals surface area contributed by atoms with Gasteiger partial charge in [0.1, 0.15) is 5.01 Å². The fourth-order valence-electron chi connectivity index (χ4n) is 1.67. The Balaban J connectivity index is 0.00000529. The van der Waals surface area contributed by atoms with Crippen LogP contribution < -0.4 is 16.0 Å². The highest BCUT2D eigenvalue weighted by Crippen LogP contribution is 2.17. The van der Waals surface area contributed by atoms with E-state index in [0.717, 1.165) is 10.7 Å². The van der Waals surface area contributed by atoms with Crippen LogP contribution in [0.25, 0.3) is 0 Å². The lowest BCUT2D eigenvalue weighted by Gasteiger charge is -2.18. The zero-order valence-corrected chi connectivity index (χ0v) is 18.5. The molecule has 0 bridgehead atoms. The molecule has 0 aliphatic heterocycles. The number of hydrogen-bond acceptors (Lipinski definition) is 4. The lowest BCUT2D eigenvalue weighted by molar-refractivity contribution is -0.128. The number of rotatable bonds is 6. The third-order valence-electron chi connectivity index (χ3n) is 3.18. The Bertz CT molecular complexity index is 537. The van der Waals surface area contributed by atoms with Gasteiger partial charge in [-0.3, -0.25) is 9.79 Å². The molecule has 0 saturated carbocycles. The first-order chi connectivity index (χ1) is 10.7. The van der Waals surface area contributed by atoms with Crippen LogP contribution in [-0.4, -0.2) is 37.0 Å². The fraction of sp³-hybridized carbons (Fsp3) is 0.688. The summed E-state index contributed by atoms with van der Waals surface area (Å²) in [6, 6.07) is 0. The first kappa shape index (κ1) is 23.1. The molecular formula is C16H30IN5OS. The van der Waals surface area contributed by atoms with Crippen molar-refractivity contribution in [2.24, 2.45) is 10.4 Å². The number of carbonyl (C=O) groups is 1. The molecule has 1 aromatic heterocycles. The third-order valence-corrected chi connectivity index (χ3v) is 4.04. The van der Waals surface area contributed by atoms with Crippen LogP contribution in [0.3, 0.4) is 0 Å². The molecule has 0 aromatic carbocycles. The molecule has 1 rings (SSSR count). The zero-order valence-electron chi connectivity index (χ0n) is 15.4. The molecule has 0 aliphatic carbocycles. The SMILES string of the molecule is CN=C(NCCNC(=O)C(C)(C)C)NCc1nc(C(C)C)cs1.I. The maximum Gasteiger partial charge on any atom is 0.225 e. The average Bonchev–Trinajstić information content (AvgIpc) is 2.94. The van der Waals surface area contributed by atoms with E-state index < -0.39 is 0 Å². The van der Waals surface area contributed by atoms with Gasteiger partial charge in [-0.05, 0) is 5.92 Å². The second kappa shape index (κ2) is 10.9. The fourth-order valence-corrected chi connectivity index (χ4v) is 2.57. The molecule has 3 N–H and O–H groups in total. The first-order valence-electron chi connectivity index (χ1n) is 7.91. The predicted molar refractivity (Wildman–Crippen MR) is 112 cm³/mol. The number of guanidine groups is 1. The molecule has 24 heavy (non-hydrogen) atoms. The Morgan fingerprint density at radius 3 is 2.38 bits per heavy atom. The highest BCUT2D eigenvalue weighted by Gasteiger charge is 2.20. The van der Waals surface area contributed by atoms with E-state index >= 15 is 0 Å². The van der Waals surface area contributed by atoms with Gasteiger partial charge in [0.05, 0.1) is 12.2 Å². The summed E-state index contributed by atoms with van der Waals surface area (Å²) >= 11 is 1.65. The molecule has 8 heteroatoms. The number of nitrogens with one attached hydrogen (secondary N) is 3. The van der Waals surface area contributed by atoms with Crippen LogP contribution in [0.2, 0.25) is 0 Å². The summed E-state index contributed by atoms with van der Waals surface area (Å²) in [5.41, 5.74) is 0.762. The second-order valence-electron chi connectivity index (χ2n) is 6.68. The van der Waals surface area contributed by atoms with Gasteiger partial charge in [-0.15, -0.1) is 35.3 Å². The van der Waals surface area contributed by atoms with E-state index in [9.17, 15) is 4.79 Å². The van der Waals surface area contributed by atoms with Crippen molar-refractivity contribution in [2.75, 3.05) is 20.1 Å². The van der Waals surface area contributed by atoms with Crippen LogP contribution in [-0.2, 0) is 11.3 Å². The highest BCUT2D eigenvalue weighted by atomic mass is 127. The lowest BCUT2D eigenvalue weighted by Crippen LogP contribution is -2.43. The van der Waals surface area contributed by atoms with E-state index in [1.165, 1.54) is 0 Å². The zero-order chi connectivity index (χ0) is 17.5. The van der Waals surface area contributed by atoms with Gasteiger partial charge < -0.3 is 16.0 Å². The normalized spacial score (nSPS) is 11.9. The van der Waals surface area contributed by atoms with Gasteiger partial charge in [-0.1, -0.05) is 34.6 Å². The maximum absolute atomic E-state index is 11.8. The van der Waals surface area contributed by atoms with Crippen LogP contribution in [0.1, 0.15) is 51.2 Å². The largest absolute Gasteiger partial charge is 0.355 e. The Morgan fingerprint density at radius 1 is 1.25 bits per heavy atom. The number of aliphatic imine (C=N–C) groups is 1. The molecule has 138 valence electrons. The molecule has 1 aromatic rings. The van der Waals surface area contributed by atoms with Crippen molar-refractivity contribution >= 4 is 47.2 Å². The minimum absolute atomic E-state index is 0. The standard InChI is InChI=1S/C16H29N5OS.HI/c1-11(2)12-10-23-13(21-12)9-20-15(17-6)19-8-7-18-14(22)16(3,4)5;/h10-11H,7-9H2,1-6H3,(H,18,22)(H2,17,19,20);1H. The number of carbonyl (C=O) groups excluding carboxylic acids is 1. The number of halogens is 1. The molecule has 0 spiro atoms. The highest BCUT2D eigenvalue weighted by molar-refractivity contribution is 14.0. The van der Waals surface area contributed by atoms with E-state index in [2.05, 4.69) is 45.2 Å². The number of amides is 1. The molecule has 0 unspecified atom stereocenters. The summed E-state index contributed by atoms with van der Waals surface area (Å²) in [6.45, 7) is 11.8. The number of thiazole rings is 1. The smallest absolute Gasteiger partial charge is 0.225 e. The summed E-state index contributed by atoms with van der Waals surface area (Å²) in [4.78, 5) is 20.5. The average molecular weight is 467 g/mol. The van der Waals surface area contributed by atoms with Crippen molar-refractivity contribution in [3.8, 4) is 0 Å². The summed E-state index contributed by atoms with van der Waals surface area (Å²) in [6.07, 6.45) is 0. The van der Waals surface area contributed by atoms with Crippen LogP contribution >= 0.6 is 35.3 Å². The van der Waals surface area contributed by atoms with Crippen LogP contribution in [0.5, 0.6) is 0 Å². The summed E-state index contributed by atoms with van der Waals surface area (Å²) in [7, 11) is 1.73. The van der Waals surface area contributed by atoms with Crippen molar-refractivity contribution in [1.82, 2.24) is 20.9 Å². The van der Waals surface area contributed by atoms with E-state index in [1.54, 1.807) is 18.4 Å². The first-order valence-corrected chi connectivity index (χ1v) is 8.79. The van der Waals surface area contributed by atoms with Crippen molar-refractivity contribution in [2.45, 2.75) is 47.1 Å². The second-order valence-corrected chi connectivity index (χ2v) is 7.62. The minimum Gasteiger partial charge on any atom is -0.355 e. The lowest BCUT2D eigenvalue weighted by atomic mass is 9.96. The number of nitrogens with zero attached hydrogens (tertiary/aromatic N) is 2. The van der Waals surface area contributed by atoms with E-state index in [1.807, 2.05) is 20.8 Å². The molecular weight excluding hydrogens is 437 g/mol. The van der Waals surface area contributed by atoms with Crippen LogP contribution in [0.15, 0.2) is 10.4 Å². The van der Waals surface area contributed by atoms with Crippen molar-refractivity contribution in [3.63, 3.8) is 0 Å². The topological polar surface area (TPSA) is 78.4 Å². The summed E-state index contributed by atoms with van der Waals surface area (Å²) in [5.74, 6) is 1.20. The van der Waals surface area contributed by atoms with Crippen LogP contribution in [0, 0.1) is 5.41 Å². The molecule has 0 radical (unpaired) electrons. The van der Waals surface area contributed by atoms with Gasteiger partial charge in [0.2, 0.25) is 5.91 Å². The van der Waals surface area contributed by atoms with Crippen molar-refractivity contribution in [1.29, 1.82) is 0 Å². The van der Waals surface area contributed by atoms with Gasteiger partial charge in [-0.2, -0.15) is 0 Å². The third kappa shape index (κ3) is 8.27. The predicted octanol–water partition coefficient (Wildman–Crippen LogP) is 2.71. The quantitative estimate of drug-likeness (QED) is 0.260. The molecule has 6 nitrogen and oxygen atoms in total. The molecule has 0 aliphatic rings. The summed E-state index contributed by atoms with van der Waals surface area (Å²) < 4.78 is 0. The maximum atomic E-state index is 11.8. The number of hydrogen-bond donors (Lipinski definition) is 3. The van der Waals surface area contributed by atoms with E-state index in [-0.39, 0.29) is 35.3 Å². The van der Waals surface area contributed by atoms with Gasteiger partial charge in [0.25, 0.3) is 0 Å². The number of aromatic nitrogens is 1. The van der Waals surface area contributed by atoms with E-state index in [4.69, 9.17) is 0 Å². The van der Waals surface area contributed by atoms with Crippen LogP contribution in [0.4, 0.5) is 0 Å². The molecule has 1 amide bonds. The Kier molecular flexibility index (Phi) is 10.5. The Hall–Kier alpha value is -0.900. The minimum atomic E-state index is -0.362.